The predicted molar refractivity (Wildman–Crippen MR) is 115 cm³/mol. The smallest absolute Gasteiger partial charge is 0.354 e. The van der Waals surface area contributed by atoms with Gasteiger partial charge in [0.2, 0.25) is 0 Å². The Kier molecular flexibility index (Phi) is 6.25. The molecule has 1 aromatic heterocycles. The van der Waals surface area contributed by atoms with E-state index in [1.165, 1.54) is 4.57 Å². The number of rotatable bonds is 7. The molecule has 3 aromatic rings. The minimum atomic E-state index is -0.916. The third-order valence-corrected chi connectivity index (χ3v) is 4.46. The molecule has 3 rings (SSSR count). The number of aliphatic hydroxyl groups is 1. The fourth-order valence-corrected chi connectivity index (χ4v) is 2.82. The van der Waals surface area contributed by atoms with Crippen molar-refractivity contribution in [2.75, 3.05) is 11.9 Å². The van der Waals surface area contributed by atoms with Crippen LogP contribution in [0.2, 0.25) is 5.02 Å². The molecule has 7 heteroatoms. The molecule has 0 amide bonds. The number of benzene rings is 2. The number of ether oxygens (including phenoxy) is 1. The van der Waals surface area contributed by atoms with Gasteiger partial charge in [0.15, 0.2) is 0 Å². The van der Waals surface area contributed by atoms with E-state index >= 15 is 0 Å². The molecular formula is C22H24ClN3O3. The van der Waals surface area contributed by atoms with Gasteiger partial charge in [-0.3, -0.25) is 4.57 Å². The highest BCUT2D eigenvalue weighted by Gasteiger charge is 2.14. The molecule has 0 fully saturated rings. The molecule has 0 aliphatic carbocycles. The van der Waals surface area contributed by atoms with E-state index in [0.29, 0.717) is 28.8 Å². The van der Waals surface area contributed by atoms with Crippen LogP contribution < -0.4 is 15.7 Å². The van der Waals surface area contributed by atoms with Crippen molar-refractivity contribution in [2.45, 2.75) is 32.9 Å². The molecule has 2 aromatic carbocycles. The van der Waals surface area contributed by atoms with Gasteiger partial charge >= 0.3 is 5.69 Å². The van der Waals surface area contributed by atoms with Crippen molar-refractivity contribution in [3.05, 3.63) is 81.4 Å². The van der Waals surface area contributed by atoms with Crippen LogP contribution >= 0.6 is 11.6 Å². The summed E-state index contributed by atoms with van der Waals surface area (Å²) in [6.07, 6.45) is 1.69. The zero-order chi connectivity index (χ0) is 21.0. The molecule has 2 N–H and O–H groups in total. The number of hydrogen-bond acceptors (Lipinski definition) is 5. The second kappa shape index (κ2) is 8.68. The Balaban J connectivity index is 1.72. The lowest BCUT2D eigenvalue weighted by Crippen LogP contribution is -2.28. The number of anilines is 1. The lowest BCUT2D eigenvalue weighted by atomic mass is 10.1. The summed E-state index contributed by atoms with van der Waals surface area (Å²) < 4.78 is 7.12. The Morgan fingerprint density at radius 2 is 1.90 bits per heavy atom. The first-order valence-electron chi connectivity index (χ1n) is 9.25. The summed E-state index contributed by atoms with van der Waals surface area (Å²) in [5, 5.41) is 13.6. The quantitative estimate of drug-likeness (QED) is 0.613. The van der Waals surface area contributed by atoms with E-state index in [2.05, 4.69) is 10.3 Å². The lowest BCUT2D eigenvalue weighted by Gasteiger charge is -2.19. The van der Waals surface area contributed by atoms with Gasteiger partial charge in [0.25, 0.3) is 0 Å². The Bertz CT molecular complexity index is 1040. The first-order valence-corrected chi connectivity index (χ1v) is 9.63. The zero-order valence-electron chi connectivity index (χ0n) is 16.6. The highest BCUT2D eigenvalue weighted by molar-refractivity contribution is 6.30. The van der Waals surface area contributed by atoms with Crippen molar-refractivity contribution in [1.82, 2.24) is 9.55 Å². The van der Waals surface area contributed by atoms with Crippen LogP contribution in [0.1, 0.15) is 25.0 Å². The normalized spacial score (nSPS) is 11.3. The van der Waals surface area contributed by atoms with Gasteiger partial charge in [0, 0.05) is 17.8 Å². The van der Waals surface area contributed by atoms with E-state index in [1.54, 1.807) is 38.2 Å². The van der Waals surface area contributed by atoms with Crippen molar-refractivity contribution in [3.63, 3.8) is 0 Å². The molecule has 152 valence electrons. The van der Waals surface area contributed by atoms with Crippen LogP contribution in [0.3, 0.4) is 0 Å². The third kappa shape index (κ3) is 5.82. The summed E-state index contributed by atoms with van der Waals surface area (Å²) in [4.78, 5) is 16.6. The van der Waals surface area contributed by atoms with Crippen LogP contribution in [-0.4, -0.2) is 26.9 Å². The molecule has 0 saturated carbocycles. The van der Waals surface area contributed by atoms with E-state index in [4.69, 9.17) is 16.3 Å². The highest BCUT2D eigenvalue weighted by atomic mass is 35.5. The van der Waals surface area contributed by atoms with Crippen LogP contribution in [0.25, 0.3) is 5.69 Å². The topological polar surface area (TPSA) is 76.4 Å². The number of aromatic nitrogens is 2. The molecule has 0 aliphatic rings. The second-order valence-electron chi connectivity index (χ2n) is 7.50. The van der Waals surface area contributed by atoms with Crippen molar-refractivity contribution in [2.24, 2.45) is 0 Å². The maximum atomic E-state index is 12.5. The van der Waals surface area contributed by atoms with Gasteiger partial charge in [0.05, 0.1) is 11.3 Å². The summed E-state index contributed by atoms with van der Waals surface area (Å²) in [5.74, 6) is 1.17. The first kappa shape index (κ1) is 20.9. The third-order valence-electron chi connectivity index (χ3n) is 4.21. The summed E-state index contributed by atoms with van der Waals surface area (Å²) in [6, 6.07) is 14.7. The summed E-state index contributed by atoms with van der Waals surface area (Å²) >= 11 is 5.89. The molecule has 0 atom stereocenters. The number of hydrogen-bond donors (Lipinski definition) is 2. The van der Waals surface area contributed by atoms with E-state index in [1.807, 2.05) is 37.3 Å². The molecule has 0 bridgehead atoms. The average Bonchev–Trinajstić information content (AvgIpc) is 2.66. The van der Waals surface area contributed by atoms with Crippen LogP contribution in [0.4, 0.5) is 5.82 Å². The summed E-state index contributed by atoms with van der Waals surface area (Å²) in [7, 11) is 0. The first-order chi connectivity index (χ1) is 13.7. The van der Waals surface area contributed by atoms with E-state index in [0.717, 1.165) is 11.1 Å². The zero-order valence-corrected chi connectivity index (χ0v) is 17.4. The molecule has 0 radical (unpaired) electrons. The van der Waals surface area contributed by atoms with Gasteiger partial charge in [-0.25, -0.2) is 4.79 Å². The van der Waals surface area contributed by atoms with Crippen molar-refractivity contribution >= 4 is 17.4 Å². The molecular weight excluding hydrogens is 390 g/mol. The monoisotopic (exact) mass is 413 g/mol. The molecule has 0 saturated heterocycles. The molecule has 29 heavy (non-hydrogen) atoms. The maximum Gasteiger partial charge on any atom is 0.354 e. The Morgan fingerprint density at radius 3 is 2.52 bits per heavy atom. The van der Waals surface area contributed by atoms with Crippen molar-refractivity contribution < 1.29 is 9.84 Å². The van der Waals surface area contributed by atoms with Crippen molar-refractivity contribution in [3.8, 4) is 11.4 Å². The van der Waals surface area contributed by atoms with Crippen LogP contribution in [-0.2, 0) is 6.54 Å². The Morgan fingerprint density at radius 1 is 1.17 bits per heavy atom. The summed E-state index contributed by atoms with van der Waals surface area (Å²) in [6.45, 7) is 5.99. The van der Waals surface area contributed by atoms with Gasteiger partial charge in [-0.05, 0) is 68.3 Å². The molecule has 0 spiro atoms. The van der Waals surface area contributed by atoms with Gasteiger partial charge in [0.1, 0.15) is 18.2 Å². The fraction of sp³-hybridized carbons (Fsp3) is 0.273. The molecule has 0 unspecified atom stereocenters. The molecule has 0 aliphatic heterocycles. The maximum absolute atomic E-state index is 12.5. The van der Waals surface area contributed by atoms with E-state index in [9.17, 15) is 9.90 Å². The van der Waals surface area contributed by atoms with Crippen LogP contribution in [0, 0.1) is 6.92 Å². The van der Waals surface area contributed by atoms with Crippen molar-refractivity contribution in [1.29, 1.82) is 0 Å². The number of halogens is 1. The Labute approximate surface area is 174 Å². The van der Waals surface area contributed by atoms with E-state index in [-0.39, 0.29) is 12.3 Å². The predicted octanol–water partition coefficient (Wildman–Crippen LogP) is 3.96. The van der Waals surface area contributed by atoms with Gasteiger partial charge in [-0.15, -0.1) is 0 Å². The summed E-state index contributed by atoms with van der Waals surface area (Å²) in [5.41, 5.74) is 1.30. The fourth-order valence-electron chi connectivity index (χ4n) is 2.69. The minimum Gasteiger partial charge on any atom is -0.490 e. The number of aryl methyl sites for hydroxylation is 1. The minimum absolute atomic E-state index is 0.183. The Hall–Kier alpha value is -2.83. The number of nitrogens with one attached hydrogen (secondary N) is 1. The van der Waals surface area contributed by atoms with Gasteiger partial charge in [-0.1, -0.05) is 23.7 Å². The largest absolute Gasteiger partial charge is 0.490 e. The van der Waals surface area contributed by atoms with E-state index < -0.39 is 5.60 Å². The van der Waals surface area contributed by atoms with Crippen LogP contribution in [0.5, 0.6) is 5.75 Å². The highest BCUT2D eigenvalue weighted by Crippen LogP contribution is 2.22. The standard InChI is InChI=1S/C22H24ClN3O3/c1-15-12-18(8-9-19(15)29-14-22(2,3)28)26-11-10-20(25-21(26)27)24-13-16-4-6-17(23)7-5-16/h4-12,28H,13-14H2,1-3H3,(H,24,25,27). The van der Waals surface area contributed by atoms with Gasteiger partial charge < -0.3 is 15.2 Å². The van der Waals surface area contributed by atoms with Gasteiger partial charge in [-0.2, -0.15) is 4.98 Å². The lowest BCUT2D eigenvalue weighted by molar-refractivity contribution is 0.0282. The second-order valence-corrected chi connectivity index (χ2v) is 7.93. The SMILES string of the molecule is Cc1cc(-n2ccc(NCc3ccc(Cl)cc3)nc2=O)ccc1OCC(C)(C)O. The molecule has 1 heterocycles. The average molecular weight is 414 g/mol. The number of nitrogens with zero attached hydrogens (tertiary/aromatic N) is 2. The molecule has 6 nitrogen and oxygen atoms in total. The van der Waals surface area contributed by atoms with Crippen LogP contribution in [0.15, 0.2) is 59.5 Å².